The first-order chi connectivity index (χ1) is 13.7. The summed E-state index contributed by atoms with van der Waals surface area (Å²) in [5, 5.41) is 13.9. The third kappa shape index (κ3) is 4.75. The van der Waals surface area contributed by atoms with Crippen molar-refractivity contribution < 1.29 is 4.79 Å². The summed E-state index contributed by atoms with van der Waals surface area (Å²) in [6.45, 7) is 1.40. The number of benzene rings is 1. The van der Waals surface area contributed by atoms with Crippen LogP contribution in [0.4, 0.5) is 10.5 Å². The molecular formula is C21H24N6O. The summed E-state index contributed by atoms with van der Waals surface area (Å²) in [5.74, 6) is 0. The van der Waals surface area contributed by atoms with Crippen LogP contribution in [0, 0.1) is 0 Å². The van der Waals surface area contributed by atoms with Crippen molar-refractivity contribution in [3.8, 4) is 11.3 Å². The van der Waals surface area contributed by atoms with E-state index in [1.54, 1.807) is 12.4 Å². The van der Waals surface area contributed by atoms with Crippen LogP contribution in [0.2, 0.25) is 0 Å². The van der Waals surface area contributed by atoms with Gasteiger partial charge < -0.3 is 16.0 Å². The van der Waals surface area contributed by atoms with Crippen molar-refractivity contribution >= 4 is 11.7 Å². The van der Waals surface area contributed by atoms with Gasteiger partial charge in [0.05, 0.1) is 5.69 Å². The molecule has 1 fully saturated rings. The zero-order chi connectivity index (χ0) is 19.3. The number of urea groups is 1. The molecule has 0 atom stereocenters. The first kappa shape index (κ1) is 18.2. The van der Waals surface area contributed by atoms with Gasteiger partial charge in [-0.1, -0.05) is 12.1 Å². The molecule has 1 aliphatic rings. The fourth-order valence-electron chi connectivity index (χ4n) is 3.10. The van der Waals surface area contributed by atoms with Gasteiger partial charge in [-0.3, -0.25) is 9.67 Å². The SMILES string of the molecule is Cn1cc(CNCc2cccc(NC(=O)NC3CC3)c2)c(-c2ccncc2)n1. The van der Waals surface area contributed by atoms with Gasteiger partial charge in [0.25, 0.3) is 0 Å². The number of carbonyl (C=O) groups excluding carboxylic acids is 1. The molecule has 3 N–H and O–H groups in total. The molecule has 0 bridgehead atoms. The van der Waals surface area contributed by atoms with E-state index in [-0.39, 0.29) is 6.03 Å². The van der Waals surface area contributed by atoms with E-state index >= 15 is 0 Å². The monoisotopic (exact) mass is 376 g/mol. The van der Waals surface area contributed by atoms with Crippen molar-refractivity contribution in [2.75, 3.05) is 5.32 Å². The average molecular weight is 376 g/mol. The number of pyridine rings is 1. The van der Waals surface area contributed by atoms with Gasteiger partial charge in [0.15, 0.2) is 0 Å². The Bertz CT molecular complexity index is 949. The van der Waals surface area contributed by atoms with E-state index in [2.05, 4.69) is 26.0 Å². The van der Waals surface area contributed by atoms with Crippen LogP contribution in [-0.4, -0.2) is 26.8 Å². The molecule has 3 aromatic rings. The summed E-state index contributed by atoms with van der Waals surface area (Å²) in [6, 6.07) is 12.0. The van der Waals surface area contributed by atoms with Gasteiger partial charge in [-0.05, 0) is 42.7 Å². The highest BCUT2D eigenvalue weighted by Crippen LogP contribution is 2.21. The molecular weight excluding hydrogens is 352 g/mol. The zero-order valence-corrected chi connectivity index (χ0v) is 15.9. The Hall–Kier alpha value is -3.19. The van der Waals surface area contributed by atoms with Gasteiger partial charge in [0.1, 0.15) is 0 Å². The maximum atomic E-state index is 11.9. The largest absolute Gasteiger partial charge is 0.335 e. The summed E-state index contributed by atoms with van der Waals surface area (Å²) < 4.78 is 1.83. The predicted octanol–water partition coefficient (Wildman–Crippen LogP) is 3.06. The van der Waals surface area contributed by atoms with Gasteiger partial charge in [0, 0.05) is 61.6 Å². The van der Waals surface area contributed by atoms with E-state index in [1.165, 1.54) is 0 Å². The molecule has 0 saturated heterocycles. The number of anilines is 1. The van der Waals surface area contributed by atoms with Crippen molar-refractivity contribution in [1.82, 2.24) is 25.4 Å². The molecule has 144 valence electrons. The van der Waals surface area contributed by atoms with Crippen LogP contribution in [-0.2, 0) is 20.1 Å². The summed E-state index contributed by atoms with van der Waals surface area (Å²) in [5.41, 5.74) is 5.06. The Morgan fingerprint density at radius 3 is 2.79 bits per heavy atom. The third-order valence-electron chi connectivity index (χ3n) is 4.60. The number of hydrogen-bond donors (Lipinski definition) is 3. The lowest BCUT2D eigenvalue weighted by molar-refractivity contribution is 0.251. The Morgan fingerprint density at radius 1 is 1.18 bits per heavy atom. The summed E-state index contributed by atoms with van der Waals surface area (Å²) >= 11 is 0. The van der Waals surface area contributed by atoms with Crippen LogP contribution in [0.25, 0.3) is 11.3 Å². The first-order valence-corrected chi connectivity index (χ1v) is 9.47. The van der Waals surface area contributed by atoms with Crippen LogP contribution < -0.4 is 16.0 Å². The van der Waals surface area contributed by atoms with Crippen molar-refractivity contribution in [3.05, 3.63) is 66.1 Å². The lowest BCUT2D eigenvalue weighted by Crippen LogP contribution is -2.30. The summed E-state index contributed by atoms with van der Waals surface area (Å²) in [6.07, 6.45) is 7.74. The van der Waals surface area contributed by atoms with Crippen LogP contribution in [0.5, 0.6) is 0 Å². The number of nitrogens with one attached hydrogen (secondary N) is 3. The van der Waals surface area contributed by atoms with Gasteiger partial charge in [-0.25, -0.2) is 4.79 Å². The highest BCUT2D eigenvalue weighted by molar-refractivity contribution is 5.89. The molecule has 0 unspecified atom stereocenters. The number of rotatable bonds is 7. The normalized spacial score (nSPS) is 13.3. The second-order valence-electron chi connectivity index (χ2n) is 7.09. The number of amides is 2. The Morgan fingerprint density at radius 2 is 2.00 bits per heavy atom. The molecule has 1 aliphatic carbocycles. The highest BCUT2D eigenvalue weighted by atomic mass is 16.2. The number of carbonyl (C=O) groups is 1. The molecule has 28 heavy (non-hydrogen) atoms. The molecule has 0 radical (unpaired) electrons. The predicted molar refractivity (Wildman–Crippen MR) is 109 cm³/mol. The van der Waals surface area contributed by atoms with Gasteiger partial charge in [-0.15, -0.1) is 0 Å². The number of aryl methyl sites for hydroxylation is 1. The van der Waals surface area contributed by atoms with E-state index in [1.807, 2.05) is 54.3 Å². The fraction of sp³-hybridized carbons (Fsp3) is 0.286. The van der Waals surface area contributed by atoms with Crippen LogP contribution in [0.15, 0.2) is 55.0 Å². The second-order valence-corrected chi connectivity index (χ2v) is 7.09. The number of nitrogens with zero attached hydrogens (tertiary/aromatic N) is 3. The highest BCUT2D eigenvalue weighted by Gasteiger charge is 2.23. The topological polar surface area (TPSA) is 83.9 Å². The quantitative estimate of drug-likeness (QED) is 0.592. The Balaban J connectivity index is 1.35. The number of aromatic nitrogens is 3. The Labute approximate surface area is 164 Å². The molecule has 1 saturated carbocycles. The van der Waals surface area contributed by atoms with Crippen molar-refractivity contribution in [3.63, 3.8) is 0 Å². The summed E-state index contributed by atoms with van der Waals surface area (Å²) in [7, 11) is 1.93. The fourth-order valence-corrected chi connectivity index (χ4v) is 3.10. The van der Waals surface area contributed by atoms with E-state index in [0.717, 1.165) is 40.9 Å². The number of hydrogen-bond acceptors (Lipinski definition) is 4. The zero-order valence-electron chi connectivity index (χ0n) is 15.9. The summed E-state index contributed by atoms with van der Waals surface area (Å²) in [4.78, 5) is 16.0. The van der Waals surface area contributed by atoms with E-state index < -0.39 is 0 Å². The standard InChI is InChI=1S/C21H24N6O/c1-27-14-17(20(26-27)16-7-9-22-10-8-16)13-23-12-15-3-2-4-19(11-15)25-21(28)24-18-5-6-18/h2-4,7-11,14,18,23H,5-6,12-13H2,1H3,(H2,24,25,28). The first-order valence-electron chi connectivity index (χ1n) is 9.47. The van der Waals surface area contributed by atoms with Gasteiger partial charge in [0.2, 0.25) is 0 Å². The lowest BCUT2D eigenvalue weighted by atomic mass is 10.1. The maximum absolute atomic E-state index is 11.9. The second kappa shape index (κ2) is 8.22. The molecule has 1 aromatic carbocycles. The Kier molecular flexibility index (Phi) is 5.34. The third-order valence-corrected chi connectivity index (χ3v) is 4.60. The van der Waals surface area contributed by atoms with Crippen molar-refractivity contribution in [2.45, 2.75) is 32.0 Å². The average Bonchev–Trinajstić information content (AvgIpc) is 3.42. The van der Waals surface area contributed by atoms with Crippen LogP contribution >= 0.6 is 0 Å². The lowest BCUT2D eigenvalue weighted by Gasteiger charge is -2.09. The van der Waals surface area contributed by atoms with Crippen molar-refractivity contribution in [1.29, 1.82) is 0 Å². The molecule has 2 aromatic heterocycles. The molecule has 2 amide bonds. The van der Waals surface area contributed by atoms with Gasteiger partial charge >= 0.3 is 6.03 Å². The van der Waals surface area contributed by atoms with E-state index in [9.17, 15) is 4.79 Å². The van der Waals surface area contributed by atoms with Crippen molar-refractivity contribution in [2.24, 2.45) is 7.05 Å². The maximum Gasteiger partial charge on any atom is 0.319 e. The molecule has 2 heterocycles. The minimum Gasteiger partial charge on any atom is -0.335 e. The van der Waals surface area contributed by atoms with E-state index in [4.69, 9.17) is 0 Å². The molecule has 4 rings (SSSR count). The minimum absolute atomic E-state index is 0.134. The molecule has 7 nitrogen and oxygen atoms in total. The van der Waals surface area contributed by atoms with Crippen LogP contribution in [0.1, 0.15) is 24.0 Å². The minimum atomic E-state index is -0.134. The molecule has 7 heteroatoms. The van der Waals surface area contributed by atoms with Gasteiger partial charge in [-0.2, -0.15) is 5.10 Å². The van der Waals surface area contributed by atoms with E-state index in [0.29, 0.717) is 19.1 Å². The smallest absolute Gasteiger partial charge is 0.319 e. The van der Waals surface area contributed by atoms with Crippen LogP contribution in [0.3, 0.4) is 0 Å². The molecule has 0 spiro atoms. The molecule has 0 aliphatic heterocycles.